The molecule has 1 amide bonds. The second-order valence-corrected chi connectivity index (χ2v) is 5.83. The van der Waals surface area contributed by atoms with Gasteiger partial charge in [0.1, 0.15) is 6.61 Å². The van der Waals surface area contributed by atoms with Crippen LogP contribution in [0.5, 0.6) is 0 Å². The monoisotopic (exact) mass is 317 g/mol. The van der Waals surface area contributed by atoms with Gasteiger partial charge in [0.2, 0.25) is 0 Å². The van der Waals surface area contributed by atoms with Crippen molar-refractivity contribution < 1.29 is 19.1 Å². The summed E-state index contributed by atoms with van der Waals surface area (Å²) in [5.41, 5.74) is 0.226. The number of esters is 1. The van der Waals surface area contributed by atoms with Gasteiger partial charge >= 0.3 is 12.1 Å². The van der Waals surface area contributed by atoms with Crippen molar-refractivity contribution in [1.29, 1.82) is 0 Å². The number of hydrogen-bond donors (Lipinski definition) is 0. The second kappa shape index (κ2) is 7.81. The van der Waals surface area contributed by atoms with E-state index in [0.29, 0.717) is 25.9 Å². The zero-order chi connectivity index (χ0) is 16.7. The molecule has 0 spiro atoms. The lowest BCUT2D eigenvalue weighted by Gasteiger charge is -2.39. The number of amides is 1. The predicted octanol–water partition coefficient (Wildman–Crippen LogP) is 3.15. The average Bonchev–Trinajstić information content (AvgIpc) is 2.60. The van der Waals surface area contributed by atoms with Gasteiger partial charge in [0.15, 0.2) is 0 Å². The molecular weight excluding hydrogens is 294 g/mol. The standard InChI is InChI=1S/C18H23NO4/c1-3-10-18(16(20)22-2)11-7-12-19(14-18)17(21)23-13-15-8-5-4-6-9-15/h3-6,8-9H,1,7,10-14H2,2H3/t18-/m0/s1. The number of hydrogen-bond acceptors (Lipinski definition) is 4. The Bertz CT molecular complexity index is 557. The number of ether oxygens (including phenoxy) is 2. The molecule has 0 bridgehead atoms. The first-order chi connectivity index (χ1) is 11.1. The summed E-state index contributed by atoms with van der Waals surface area (Å²) in [5, 5.41) is 0. The van der Waals surface area contributed by atoms with E-state index in [1.807, 2.05) is 30.3 Å². The summed E-state index contributed by atoms with van der Waals surface area (Å²) in [6.45, 7) is 4.84. The summed E-state index contributed by atoms with van der Waals surface area (Å²) in [4.78, 5) is 26.1. The quantitative estimate of drug-likeness (QED) is 0.618. The largest absolute Gasteiger partial charge is 0.469 e. The molecule has 2 rings (SSSR count). The van der Waals surface area contributed by atoms with E-state index in [4.69, 9.17) is 9.47 Å². The third-order valence-corrected chi connectivity index (χ3v) is 4.19. The van der Waals surface area contributed by atoms with Gasteiger partial charge < -0.3 is 14.4 Å². The number of methoxy groups -OCH3 is 1. The van der Waals surface area contributed by atoms with Crippen molar-refractivity contribution in [2.45, 2.75) is 25.9 Å². The maximum Gasteiger partial charge on any atom is 0.410 e. The van der Waals surface area contributed by atoms with Gasteiger partial charge in [0.05, 0.1) is 12.5 Å². The van der Waals surface area contributed by atoms with Gasteiger partial charge in [0.25, 0.3) is 0 Å². The van der Waals surface area contributed by atoms with Gasteiger partial charge in [-0.2, -0.15) is 0 Å². The number of likely N-dealkylation sites (tertiary alicyclic amines) is 1. The normalized spacial score (nSPS) is 20.7. The van der Waals surface area contributed by atoms with E-state index < -0.39 is 11.5 Å². The summed E-state index contributed by atoms with van der Waals surface area (Å²) >= 11 is 0. The van der Waals surface area contributed by atoms with Crippen molar-refractivity contribution in [1.82, 2.24) is 4.90 Å². The summed E-state index contributed by atoms with van der Waals surface area (Å²) in [5.74, 6) is -0.294. The molecule has 124 valence electrons. The molecule has 1 aromatic carbocycles. The molecule has 1 aromatic rings. The molecule has 0 unspecified atom stereocenters. The topological polar surface area (TPSA) is 55.8 Å². The van der Waals surface area contributed by atoms with Crippen LogP contribution in [0.3, 0.4) is 0 Å². The van der Waals surface area contributed by atoms with Gasteiger partial charge in [-0.25, -0.2) is 4.79 Å². The van der Waals surface area contributed by atoms with Gasteiger partial charge in [-0.15, -0.1) is 6.58 Å². The minimum Gasteiger partial charge on any atom is -0.469 e. The van der Waals surface area contributed by atoms with Crippen molar-refractivity contribution in [3.8, 4) is 0 Å². The van der Waals surface area contributed by atoms with Gasteiger partial charge in [0, 0.05) is 13.1 Å². The zero-order valence-corrected chi connectivity index (χ0v) is 13.5. The molecular formula is C18H23NO4. The van der Waals surface area contributed by atoms with E-state index in [9.17, 15) is 9.59 Å². The molecule has 1 saturated heterocycles. The first-order valence-electron chi connectivity index (χ1n) is 7.76. The zero-order valence-electron chi connectivity index (χ0n) is 13.5. The molecule has 1 heterocycles. The van der Waals surface area contributed by atoms with Gasteiger partial charge in [-0.3, -0.25) is 4.79 Å². The Morgan fingerprint density at radius 1 is 1.35 bits per heavy atom. The molecule has 1 atom stereocenters. The summed E-state index contributed by atoms with van der Waals surface area (Å²) in [6, 6.07) is 9.52. The van der Waals surface area contributed by atoms with Crippen LogP contribution in [0, 0.1) is 5.41 Å². The number of carbonyl (C=O) groups is 2. The van der Waals surface area contributed by atoms with Crippen molar-refractivity contribution in [3.05, 3.63) is 48.6 Å². The lowest BCUT2D eigenvalue weighted by atomic mass is 9.77. The van der Waals surface area contributed by atoms with Gasteiger partial charge in [-0.1, -0.05) is 36.4 Å². The van der Waals surface area contributed by atoms with Crippen LogP contribution in [0.15, 0.2) is 43.0 Å². The molecule has 1 fully saturated rings. The van der Waals surface area contributed by atoms with E-state index in [2.05, 4.69) is 6.58 Å². The lowest BCUT2D eigenvalue weighted by molar-refractivity contribution is -0.155. The highest BCUT2D eigenvalue weighted by Gasteiger charge is 2.43. The summed E-state index contributed by atoms with van der Waals surface area (Å²) in [6.07, 6.45) is 3.22. The maximum atomic E-state index is 12.3. The van der Waals surface area contributed by atoms with E-state index >= 15 is 0 Å². The van der Waals surface area contributed by atoms with Crippen molar-refractivity contribution in [2.75, 3.05) is 20.2 Å². The maximum absolute atomic E-state index is 12.3. The van der Waals surface area contributed by atoms with Crippen molar-refractivity contribution in [2.24, 2.45) is 5.41 Å². The Morgan fingerprint density at radius 2 is 2.09 bits per heavy atom. The number of allylic oxidation sites excluding steroid dienone is 1. The van der Waals surface area contributed by atoms with Crippen LogP contribution in [0.1, 0.15) is 24.8 Å². The second-order valence-electron chi connectivity index (χ2n) is 5.83. The fourth-order valence-electron chi connectivity index (χ4n) is 3.01. The van der Waals surface area contributed by atoms with Crippen LogP contribution in [0.2, 0.25) is 0 Å². The Hall–Kier alpha value is -2.30. The fraction of sp³-hybridized carbons (Fsp3) is 0.444. The number of carbonyl (C=O) groups excluding carboxylic acids is 2. The molecule has 1 aliphatic heterocycles. The highest BCUT2D eigenvalue weighted by Crippen LogP contribution is 2.35. The van der Waals surface area contributed by atoms with E-state index in [0.717, 1.165) is 12.0 Å². The van der Waals surface area contributed by atoms with E-state index in [-0.39, 0.29) is 12.6 Å². The summed E-state index contributed by atoms with van der Waals surface area (Å²) < 4.78 is 10.3. The smallest absolute Gasteiger partial charge is 0.410 e. The summed E-state index contributed by atoms with van der Waals surface area (Å²) in [7, 11) is 1.37. The van der Waals surface area contributed by atoms with Crippen LogP contribution in [-0.2, 0) is 20.9 Å². The number of nitrogens with zero attached hydrogens (tertiary/aromatic N) is 1. The van der Waals surface area contributed by atoms with Crippen LogP contribution in [0.4, 0.5) is 4.79 Å². The number of piperidine rings is 1. The Morgan fingerprint density at radius 3 is 2.74 bits per heavy atom. The minimum atomic E-state index is -0.708. The van der Waals surface area contributed by atoms with Crippen LogP contribution in [0.25, 0.3) is 0 Å². The number of benzene rings is 1. The van der Waals surface area contributed by atoms with E-state index in [1.165, 1.54) is 7.11 Å². The third-order valence-electron chi connectivity index (χ3n) is 4.19. The Labute approximate surface area is 136 Å². The molecule has 0 aliphatic carbocycles. The Kier molecular flexibility index (Phi) is 5.79. The SMILES string of the molecule is C=CC[C@]1(C(=O)OC)CCCN(C(=O)OCc2ccccc2)C1. The van der Waals surface area contributed by atoms with Crippen molar-refractivity contribution >= 4 is 12.1 Å². The number of rotatable bonds is 5. The van der Waals surface area contributed by atoms with Gasteiger partial charge in [-0.05, 0) is 24.8 Å². The molecule has 23 heavy (non-hydrogen) atoms. The molecule has 1 aliphatic rings. The third kappa shape index (κ3) is 4.12. The van der Waals surface area contributed by atoms with Crippen molar-refractivity contribution in [3.63, 3.8) is 0 Å². The average molecular weight is 317 g/mol. The molecule has 5 heteroatoms. The first-order valence-corrected chi connectivity index (χ1v) is 7.76. The van der Waals surface area contributed by atoms with E-state index in [1.54, 1.807) is 11.0 Å². The predicted molar refractivity (Wildman–Crippen MR) is 86.7 cm³/mol. The lowest BCUT2D eigenvalue weighted by Crippen LogP contribution is -2.50. The molecule has 0 aromatic heterocycles. The molecule has 0 N–H and O–H groups in total. The minimum absolute atomic E-state index is 0.225. The Balaban J connectivity index is 2.00. The van der Waals surface area contributed by atoms with Crippen LogP contribution in [-0.4, -0.2) is 37.2 Å². The van der Waals surface area contributed by atoms with Crippen LogP contribution < -0.4 is 0 Å². The molecule has 5 nitrogen and oxygen atoms in total. The molecule has 0 saturated carbocycles. The highest BCUT2D eigenvalue weighted by molar-refractivity contribution is 5.79. The first kappa shape index (κ1) is 17.1. The van der Waals surface area contributed by atoms with Crippen LogP contribution >= 0.6 is 0 Å². The fourth-order valence-corrected chi connectivity index (χ4v) is 3.01. The molecule has 0 radical (unpaired) electrons. The highest BCUT2D eigenvalue weighted by atomic mass is 16.6.